The van der Waals surface area contributed by atoms with Gasteiger partial charge in [0.15, 0.2) is 0 Å². The Morgan fingerprint density at radius 1 is 1.50 bits per heavy atom. The molecule has 72 valence electrons. The number of rotatable bonds is 1. The first kappa shape index (κ1) is 9.43. The van der Waals surface area contributed by atoms with Gasteiger partial charge in [-0.15, -0.1) is 11.3 Å². The third-order valence-corrected chi connectivity index (χ3v) is 3.08. The van der Waals surface area contributed by atoms with Crippen molar-refractivity contribution in [2.24, 2.45) is 0 Å². The van der Waals surface area contributed by atoms with Crippen molar-refractivity contribution in [3.63, 3.8) is 0 Å². The van der Waals surface area contributed by atoms with E-state index in [1.165, 1.54) is 22.8 Å². The molecule has 1 aromatic heterocycles. The quantitative estimate of drug-likeness (QED) is 0.815. The number of carboxylic acids is 1. The van der Waals surface area contributed by atoms with Crippen molar-refractivity contribution in [2.45, 2.75) is 0 Å². The van der Waals surface area contributed by atoms with Crippen molar-refractivity contribution in [3.05, 3.63) is 33.9 Å². The van der Waals surface area contributed by atoms with Crippen LogP contribution in [0.15, 0.2) is 17.5 Å². The summed E-state index contributed by atoms with van der Waals surface area (Å²) in [4.78, 5) is 10.7. The Hall–Kier alpha value is -1.13. The lowest BCUT2D eigenvalue weighted by atomic mass is 10.2. The maximum atomic E-state index is 13.0. The van der Waals surface area contributed by atoms with Gasteiger partial charge in [0, 0.05) is 15.5 Å². The van der Waals surface area contributed by atoms with Crippen molar-refractivity contribution in [1.82, 2.24) is 0 Å². The van der Waals surface area contributed by atoms with Gasteiger partial charge in [0.05, 0.1) is 10.6 Å². The van der Waals surface area contributed by atoms with Crippen molar-refractivity contribution in [1.29, 1.82) is 0 Å². The summed E-state index contributed by atoms with van der Waals surface area (Å²) in [5.74, 6) is -1.65. The Balaban J connectivity index is 2.80. The average molecular weight is 231 g/mol. The third kappa shape index (κ3) is 1.36. The molecule has 1 aromatic carbocycles. The Labute approximate surface area is 87.5 Å². The van der Waals surface area contributed by atoms with Gasteiger partial charge in [-0.1, -0.05) is 11.6 Å². The molecule has 0 spiro atoms. The molecule has 0 radical (unpaired) electrons. The number of fused-ring (bicyclic) bond motifs is 1. The highest BCUT2D eigenvalue weighted by Gasteiger charge is 2.12. The van der Waals surface area contributed by atoms with Crippen LogP contribution in [0.2, 0.25) is 5.02 Å². The Kier molecular flexibility index (Phi) is 2.17. The molecule has 2 aromatic rings. The van der Waals surface area contributed by atoms with E-state index in [2.05, 4.69) is 0 Å². The van der Waals surface area contributed by atoms with Gasteiger partial charge in [-0.25, -0.2) is 9.18 Å². The molecule has 0 aliphatic carbocycles. The van der Waals surface area contributed by atoms with Crippen LogP contribution in [-0.2, 0) is 0 Å². The summed E-state index contributed by atoms with van der Waals surface area (Å²) >= 11 is 6.79. The molecule has 0 atom stereocenters. The van der Waals surface area contributed by atoms with Crippen molar-refractivity contribution in [2.75, 3.05) is 0 Å². The van der Waals surface area contributed by atoms with Gasteiger partial charge in [0.25, 0.3) is 0 Å². The zero-order valence-electron chi connectivity index (χ0n) is 6.75. The van der Waals surface area contributed by atoms with E-state index in [0.29, 0.717) is 10.1 Å². The first-order valence-corrected chi connectivity index (χ1v) is 4.95. The number of hydrogen-bond donors (Lipinski definition) is 1. The van der Waals surface area contributed by atoms with Crippen molar-refractivity contribution < 1.29 is 14.3 Å². The number of carbonyl (C=O) groups is 1. The van der Waals surface area contributed by atoms with Crippen LogP contribution in [0.25, 0.3) is 10.1 Å². The minimum absolute atomic E-state index is 0.0105. The molecule has 0 aliphatic rings. The highest BCUT2D eigenvalue weighted by molar-refractivity contribution is 7.17. The van der Waals surface area contributed by atoms with Crippen LogP contribution in [-0.4, -0.2) is 11.1 Å². The van der Waals surface area contributed by atoms with Gasteiger partial charge in [0.2, 0.25) is 0 Å². The molecule has 0 bridgehead atoms. The van der Waals surface area contributed by atoms with Crippen LogP contribution >= 0.6 is 22.9 Å². The van der Waals surface area contributed by atoms with Crippen LogP contribution in [0.4, 0.5) is 4.39 Å². The first-order chi connectivity index (χ1) is 6.59. The number of carboxylic acid groups (broad SMARTS) is 1. The zero-order valence-corrected chi connectivity index (χ0v) is 8.32. The number of benzene rings is 1. The number of hydrogen-bond acceptors (Lipinski definition) is 2. The van der Waals surface area contributed by atoms with Gasteiger partial charge >= 0.3 is 5.97 Å². The third-order valence-electron chi connectivity index (χ3n) is 1.85. The van der Waals surface area contributed by atoms with E-state index >= 15 is 0 Å². The molecule has 14 heavy (non-hydrogen) atoms. The topological polar surface area (TPSA) is 37.3 Å². The van der Waals surface area contributed by atoms with Crippen LogP contribution in [0.1, 0.15) is 10.4 Å². The van der Waals surface area contributed by atoms with E-state index in [1.807, 2.05) is 0 Å². The van der Waals surface area contributed by atoms with Gasteiger partial charge in [0.1, 0.15) is 5.82 Å². The molecule has 0 aliphatic heterocycles. The lowest BCUT2D eigenvalue weighted by molar-refractivity contribution is 0.0699. The maximum absolute atomic E-state index is 13.0. The van der Waals surface area contributed by atoms with E-state index in [-0.39, 0.29) is 10.6 Å². The predicted molar refractivity (Wildman–Crippen MR) is 53.8 cm³/mol. The lowest BCUT2D eigenvalue weighted by Crippen LogP contribution is -1.93. The van der Waals surface area contributed by atoms with E-state index in [9.17, 15) is 9.18 Å². The molecule has 0 saturated heterocycles. The second-order valence-electron chi connectivity index (χ2n) is 2.72. The minimum Gasteiger partial charge on any atom is -0.478 e. The first-order valence-electron chi connectivity index (χ1n) is 3.69. The fraction of sp³-hybridized carbons (Fsp3) is 0. The van der Waals surface area contributed by atoms with Gasteiger partial charge in [-0.2, -0.15) is 0 Å². The Morgan fingerprint density at radius 3 is 2.86 bits per heavy atom. The fourth-order valence-corrected chi connectivity index (χ4v) is 2.37. The molecule has 2 rings (SSSR count). The largest absolute Gasteiger partial charge is 0.478 e. The molecule has 2 nitrogen and oxygen atoms in total. The SMILES string of the molecule is O=C(O)c1csc2cc(Cl)c(F)cc12. The summed E-state index contributed by atoms with van der Waals surface area (Å²) in [5.41, 5.74) is 0.112. The Morgan fingerprint density at radius 2 is 2.21 bits per heavy atom. The van der Waals surface area contributed by atoms with E-state index in [0.717, 1.165) is 6.07 Å². The second-order valence-corrected chi connectivity index (χ2v) is 4.04. The monoisotopic (exact) mass is 230 g/mol. The lowest BCUT2D eigenvalue weighted by Gasteiger charge is -1.95. The average Bonchev–Trinajstić information content (AvgIpc) is 2.48. The molecular formula is C9H4ClFO2S. The standard InChI is InChI=1S/C9H4ClFO2S/c10-6-2-8-4(1-7(6)11)5(3-14-8)9(12)13/h1-3H,(H,12,13). The highest BCUT2D eigenvalue weighted by atomic mass is 35.5. The Bertz CT molecular complexity index is 521. The highest BCUT2D eigenvalue weighted by Crippen LogP contribution is 2.30. The van der Waals surface area contributed by atoms with E-state index in [1.54, 1.807) is 0 Å². The van der Waals surface area contributed by atoms with Crippen LogP contribution in [0.3, 0.4) is 0 Å². The maximum Gasteiger partial charge on any atom is 0.337 e. The summed E-state index contributed by atoms with van der Waals surface area (Å²) in [7, 11) is 0. The normalized spacial score (nSPS) is 10.7. The molecule has 0 fully saturated rings. The van der Waals surface area contributed by atoms with E-state index < -0.39 is 11.8 Å². The molecule has 1 heterocycles. The molecule has 5 heteroatoms. The zero-order chi connectivity index (χ0) is 10.3. The summed E-state index contributed by atoms with van der Waals surface area (Å²) in [6.45, 7) is 0. The van der Waals surface area contributed by atoms with Crippen LogP contribution in [0, 0.1) is 5.82 Å². The van der Waals surface area contributed by atoms with Crippen molar-refractivity contribution in [3.8, 4) is 0 Å². The molecular weight excluding hydrogens is 227 g/mol. The summed E-state index contributed by atoms with van der Waals surface area (Å²) in [5, 5.41) is 10.7. The van der Waals surface area contributed by atoms with Crippen LogP contribution in [0.5, 0.6) is 0 Å². The molecule has 1 N–H and O–H groups in total. The number of thiophene rings is 1. The smallest absolute Gasteiger partial charge is 0.337 e. The summed E-state index contributed by atoms with van der Waals surface area (Å²) in [6.07, 6.45) is 0. The number of aromatic carboxylic acids is 1. The summed E-state index contributed by atoms with van der Waals surface area (Å²) in [6, 6.07) is 2.58. The fourth-order valence-electron chi connectivity index (χ4n) is 1.19. The number of halogens is 2. The summed E-state index contributed by atoms with van der Waals surface area (Å²) < 4.78 is 13.7. The van der Waals surface area contributed by atoms with Gasteiger partial charge in [-0.05, 0) is 12.1 Å². The molecule has 0 unspecified atom stereocenters. The second kappa shape index (κ2) is 3.22. The predicted octanol–water partition coefficient (Wildman–Crippen LogP) is 3.39. The minimum atomic E-state index is -1.06. The van der Waals surface area contributed by atoms with Gasteiger partial charge < -0.3 is 5.11 Å². The van der Waals surface area contributed by atoms with Gasteiger partial charge in [-0.3, -0.25) is 0 Å². The van der Waals surface area contributed by atoms with E-state index in [4.69, 9.17) is 16.7 Å². The molecule has 0 saturated carbocycles. The molecule has 0 amide bonds. The van der Waals surface area contributed by atoms with Crippen LogP contribution < -0.4 is 0 Å². The van der Waals surface area contributed by atoms with Crippen molar-refractivity contribution >= 4 is 39.0 Å².